The second kappa shape index (κ2) is 7.92. The summed E-state index contributed by atoms with van der Waals surface area (Å²) in [6, 6.07) is 18.4. The molecule has 0 aliphatic carbocycles. The molecule has 0 aliphatic rings. The average molecular weight is 452 g/mol. The smallest absolute Gasteiger partial charge is 0.119 e. The first-order valence-corrected chi connectivity index (χ1v) is 11.1. The Morgan fingerprint density at radius 3 is 1.12 bits per heavy atom. The maximum Gasteiger partial charge on any atom is 0.119 e. The molecule has 6 aromatic rings. The predicted molar refractivity (Wildman–Crippen MR) is 135 cm³/mol. The van der Waals surface area contributed by atoms with Crippen LogP contribution in [-0.4, -0.2) is 36.3 Å². The Balaban J connectivity index is 1.67. The van der Waals surface area contributed by atoms with Crippen LogP contribution in [0.15, 0.2) is 73.2 Å². The van der Waals surface area contributed by atoms with E-state index in [1.54, 1.807) is 21.3 Å². The lowest BCUT2D eigenvalue weighted by atomic mass is 9.84. The standard InChI is InChI=1S/C28H25N3O3/c1-32-16-4-7-25-19(10-16)22(13-29-25)28(23-14-30-26-8-5-17(33-2)11-20(23)26)24-15-31-27-9-6-18(34-3)12-21(24)27/h4-15,28-31H,1-3H3. The molecule has 6 rings (SSSR count). The summed E-state index contributed by atoms with van der Waals surface area (Å²) >= 11 is 0. The van der Waals surface area contributed by atoms with E-state index in [0.29, 0.717) is 0 Å². The molecule has 0 saturated heterocycles. The Morgan fingerprint density at radius 2 is 0.824 bits per heavy atom. The number of nitrogens with one attached hydrogen (secondary N) is 3. The molecule has 0 aliphatic heterocycles. The van der Waals surface area contributed by atoms with Gasteiger partial charge in [0.05, 0.1) is 21.3 Å². The fourth-order valence-corrected chi connectivity index (χ4v) is 4.96. The van der Waals surface area contributed by atoms with Crippen molar-refractivity contribution in [2.75, 3.05) is 21.3 Å². The van der Waals surface area contributed by atoms with Gasteiger partial charge in [0.15, 0.2) is 0 Å². The number of methoxy groups -OCH3 is 3. The summed E-state index contributed by atoms with van der Waals surface area (Å²) in [6.45, 7) is 0. The molecule has 0 spiro atoms. The second-order valence-electron chi connectivity index (χ2n) is 8.40. The number of benzene rings is 3. The van der Waals surface area contributed by atoms with E-state index in [9.17, 15) is 0 Å². The minimum atomic E-state index is -0.0532. The van der Waals surface area contributed by atoms with E-state index in [2.05, 4.69) is 69.9 Å². The van der Waals surface area contributed by atoms with E-state index < -0.39 is 0 Å². The lowest BCUT2D eigenvalue weighted by Gasteiger charge is -2.17. The van der Waals surface area contributed by atoms with Crippen LogP contribution in [0.4, 0.5) is 0 Å². The molecule has 3 aromatic heterocycles. The third kappa shape index (κ3) is 3.10. The summed E-state index contributed by atoms with van der Waals surface area (Å²) in [4.78, 5) is 10.4. The molecule has 0 saturated carbocycles. The second-order valence-corrected chi connectivity index (χ2v) is 8.40. The van der Waals surface area contributed by atoms with Crippen molar-refractivity contribution in [3.8, 4) is 17.2 Å². The predicted octanol–water partition coefficient (Wildman–Crippen LogP) is 6.34. The molecule has 0 unspecified atom stereocenters. The number of fused-ring (bicyclic) bond motifs is 3. The maximum absolute atomic E-state index is 5.55. The number of hydrogen-bond acceptors (Lipinski definition) is 3. The zero-order valence-electron chi connectivity index (χ0n) is 19.2. The van der Waals surface area contributed by atoms with Crippen molar-refractivity contribution in [3.63, 3.8) is 0 Å². The molecular formula is C28H25N3O3. The van der Waals surface area contributed by atoms with Gasteiger partial charge in [-0.25, -0.2) is 0 Å². The monoisotopic (exact) mass is 451 g/mol. The minimum Gasteiger partial charge on any atom is -0.497 e. The van der Waals surface area contributed by atoms with Crippen molar-refractivity contribution in [1.29, 1.82) is 0 Å². The molecular weight excluding hydrogens is 426 g/mol. The molecule has 170 valence electrons. The zero-order chi connectivity index (χ0) is 23.2. The number of aromatic amines is 3. The summed E-state index contributed by atoms with van der Waals surface area (Å²) in [5.41, 5.74) is 6.70. The van der Waals surface area contributed by atoms with Gasteiger partial charge in [-0.1, -0.05) is 0 Å². The normalized spacial score (nSPS) is 11.6. The van der Waals surface area contributed by atoms with Crippen LogP contribution in [0.2, 0.25) is 0 Å². The average Bonchev–Trinajstić information content (AvgIpc) is 3.61. The third-order valence-electron chi connectivity index (χ3n) is 6.70. The Kier molecular flexibility index (Phi) is 4.73. The van der Waals surface area contributed by atoms with Gasteiger partial charge in [0.25, 0.3) is 0 Å². The summed E-state index contributed by atoms with van der Waals surface area (Å²) in [7, 11) is 5.09. The van der Waals surface area contributed by atoms with Crippen LogP contribution in [-0.2, 0) is 0 Å². The van der Waals surface area contributed by atoms with Crippen molar-refractivity contribution < 1.29 is 14.2 Å². The molecule has 0 fully saturated rings. The Bertz CT molecular complexity index is 1440. The van der Waals surface area contributed by atoms with E-state index >= 15 is 0 Å². The Morgan fingerprint density at radius 1 is 0.500 bits per heavy atom. The van der Waals surface area contributed by atoms with Crippen LogP contribution in [0.3, 0.4) is 0 Å². The Labute approximate surface area is 196 Å². The summed E-state index contributed by atoms with van der Waals surface area (Å²) < 4.78 is 16.6. The molecule has 3 N–H and O–H groups in total. The highest BCUT2D eigenvalue weighted by Gasteiger charge is 2.26. The van der Waals surface area contributed by atoms with E-state index in [0.717, 1.165) is 50.0 Å². The molecule has 6 heteroatoms. The van der Waals surface area contributed by atoms with Gasteiger partial charge in [0.2, 0.25) is 0 Å². The molecule has 0 amide bonds. The summed E-state index contributed by atoms with van der Waals surface area (Å²) in [6.07, 6.45) is 6.31. The van der Waals surface area contributed by atoms with Crippen molar-refractivity contribution in [3.05, 3.63) is 89.9 Å². The van der Waals surface area contributed by atoms with Crippen LogP contribution < -0.4 is 14.2 Å². The van der Waals surface area contributed by atoms with Gasteiger partial charge < -0.3 is 29.2 Å². The highest BCUT2D eigenvalue weighted by molar-refractivity contribution is 5.93. The van der Waals surface area contributed by atoms with Crippen molar-refractivity contribution in [2.45, 2.75) is 5.92 Å². The first-order chi connectivity index (χ1) is 16.7. The summed E-state index contributed by atoms with van der Waals surface area (Å²) in [5, 5.41) is 3.37. The third-order valence-corrected chi connectivity index (χ3v) is 6.70. The van der Waals surface area contributed by atoms with Crippen LogP contribution >= 0.6 is 0 Å². The number of hydrogen-bond donors (Lipinski definition) is 3. The SMILES string of the molecule is COc1ccc2[nH]cc(C(c3c[nH]c4ccc(OC)cc34)c3c[nH]c4ccc(OC)cc34)c2c1. The molecule has 0 radical (unpaired) electrons. The van der Waals surface area contributed by atoms with Crippen molar-refractivity contribution >= 4 is 32.7 Å². The molecule has 3 aromatic carbocycles. The molecule has 6 nitrogen and oxygen atoms in total. The van der Waals surface area contributed by atoms with E-state index in [1.807, 2.05) is 18.2 Å². The quantitative estimate of drug-likeness (QED) is 0.277. The first kappa shape index (κ1) is 20.3. The maximum atomic E-state index is 5.55. The lowest BCUT2D eigenvalue weighted by molar-refractivity contribution is 0.415. The van der Waals surface area contributed by atoms with Gasteiger partial charge in [-0.3, -0.25) is 0 Å². The van der Waals surface area contributed by atoms with Gasteiger partial charge >= 0.3 is 0 Å². The van der Waals surface area contributed by atoms with E-state index in [1.165, 1.54) is 16.7 Å². The van der Waals surface area contributed by atoms with Gasteiger partial charge in [0.1, 0.15) is 17.2 Å². The van der Waals surface area contributed by atoms with Crippen LogP contribution in [0.1, 0.15) is 22.6 Å². The van der Waals surface area contributed by atoms with Crippen molar-refractivity contribution in [2.24, 2.45) is 0 Å². The number of H-pyrrole nitrogens is 3. The topological polar surface area (TPSA) is 75.1 Å². The van der Waals surface area contributed by atoms with Gasteiger partial charge in [-0.15, -0.1) is 0 Å². The fourth-order valence-electron chi connectivity index (χ4n) is 4.96. The van der Waals surface area contributed by atoms with Gasteiger partial charge in [0, 0.05) is 57.2 Å². The minimum absolute atomic E-state index is 0.0532. The Hall–Kier alpha value is -4.32. The van der Waals surface area contributed by atoms with E-state index in [4.69, 9.17) is 14.2 Å². The van der Waals surface area contributed by atoms with Gasteiger partial charge in [-0.2, -0.15) is 0 Å². The lowest BCUT2D eigenvalue weighted by Crippen LogP contribution is -2.02. The fraction of sp³-hybridized carbons (Fsp3) is 0.143. The highest BCUT2D eigenvalue weighted by Crippen LogP contribution is 2.43. The highest BCUT2D eigenvalue weighted by atomic mass is 16.5. The zero-order valence-corrected chi connectivity index (χ0v) is 19.2. The van der Waals surface area contributed by atoms with Crippen LogP contribution in [0.5, 0.6) is 17.2 Å². The molecule has 0 bridgehead atoms. The van der Waals surface area contributed by atoms with Crippen molar-refractivity contribution in [1.82, 2.24) is 15.0 Å². The van der Waals surface area contributed by atoms with Gasteiger partial charge in [-0.05, 0) is 71.3 Å². The summed E-state index contributed by atoms with van der Waals surface area (Å²) in [5.74, 6) is 2.43. The molecule has 0 atom stereocenters. The van der Waals surface area contributed by atoms with Crippen LogP contribution in [0, 0.1) is 0 Å². The largest absolute Gasteiger partial charge is 0.497 e. The number of ether oxygens (including phenoxy) is 3. The molecule has 3 heterocycles. The number of rotatable bonds is 6. The van der Waals surface area contributed by atoms with Crippen LogP contribution in [0.25, 0.3) is 32.7 Å². The van der Waals surface area contributed by atoms with E-state index in [-0.39, 0.29) is 5.92 Å². The molecule has 34 heavy (non-hydrogen) atoms. The number of aromatic nitrogens is 3. The first-order valence-electron chi connectivity index (χ1n) is 11.1.